The fraction of sp³-hybridized carbons (Fsp3) is 0.125. The van der Waals surface area contributed by atoms with Crippen LogP contribution in [0.1, 0.15) is 18.1 Å². The molecule has 1 aliphatic rings. The Labute approximate surface area is 222 Å². The van der Waals surface area contributed by atoms with Crippen LogP contribution in [0.3, 0.4) is 0 Å². The summed E-state index contributed by atoms with van der Waals surface area (Å²) in [6.07, 6.45) is 0. The molecule has 0 fully saturated rings. The highest BCUT2D eigenvalue weighted by atomic mass is 35.5. The van der Waals surface area contributed by atoms with Crippen molar-refractivity contribution in [1.82, 2.24) is 15.6 Å². The van der Waals surface area contributed by atoms with E-state index < -0.39 is 27.8 Å². The predicted octanol–water partition coefficient (Wildman–Crippen LogP) is 5.09. The number of rotatable bonds is 8. The number of hydrazine groups is 1. The smallest absolute Gasteiger partial charge is 0.265 e. The van der Waals surface area contributed by atoms with Crippen molar-refractivity contribution in [2.45, 2.75) is 24.4 Å². The maximum atomic E-state index is 14.8. The van der Waals surface area contributed by atoms with Crippen molar-refractivity contribution < 1.29 is 17.6 Å². The SMILES string of the molecule is C[C@H](C(=O)NCc1ccc(C2=CSNN2)cc1)N(c1cc(Cl)ccc1F)S(=O)(=O)c1ccc(Cl)cc1. The molecule has 0 radical (unpaired) electrons. The molecule has 36 heavy (non-hydrogen) atoms. The Hall–Kier alpha value is -2.76. The van der Waals surface area contributed by atoms with Gasteiger partial charge in [0.2, 0.25) is 5.91 Å². The van der Waals surface area contributed by atoms with E-state index in [2.05, 4.69) is 15.6 Å². The van der Waals surface area contributed by atoms with Crippen molar-refractivity contribution in [3.8, 4) is 0 Å². The van der Waals surface area contributed by atoms with Crippen molar-refractivity contribution >= 4 is 62.5 Å². The number of sulfonamides is 1. The Balaban J connectivity index is 1.58. The molecule has 1 amide bonds. The summed E-state index contributed by atoms with van der Waals surface area (Å²) in [6.45, 7) is 1.53. The molecule has 0 spiro atoms. The monoisotopic (exact) mass is 566 g/mol. The van der Waals surface area contributed by atoms with Gasteiger partial charge in [-0.3, -0.25) is 9.10 Å². The van der Waals surface area contributed by atoms with E-state index in [0.29, 0.717) is 5.02 Å². The number of amides is 1. The Morgan fingerprint density at radius 3 is 2.36 bits per heavy atom. The lowest BCUT2D eigenvalue weighted by atomic mass is 10.1. The molecule has 7 nitrogen and oxygen atoms in total. The maximum absolute atomic E-state index is 14.8. The highest BCUT2D eigenvalue weighted by molar-refractivity contribution is 8.00. The molecule has 0 bridgehead atoms. The molecule has 0 aromatic heterocycles. The summed E-state index contributed by atoms with van der Waals surface area (Å²) in [6, 6.07) is 15.1. The van der Waals surface area contributed by atoms with Crippen molar-refractivity contribution in [3.63, 3.8) is 0 Å². The van der Waals surface area contributed by atoms with E-state index in [1.807, 2.05) is 29.7 Å². The number of nitrogens with one attached hydrogen (secondary N) is 3. The molecule has 3 aromatic rings. The second-order valence-corrected chi connectivity index (χ2v) is 11.2. The van der Waals surface area contributed by atoms with Gasteiger partial charge in [-0.15, -0.1) is 0 Å². The molecule has 0 aliphatic carbocycles. The van der Waals surface area contributed by atoms with Gasteiger partial charge >= 0.3 is 0 Å². The van der Waals surface area contributed by atoms with E-state index in [0.717, 1.165) is 27.2 Å². The van der Waals surface area contributed by atoms with Crippen molar-refractivity contribution in [2.24, 2.45) is 0 Å². The van der Waals surface area contributed by atoms with Gasteiger partial charge in [0.25, 0.3) is 10.0 Å². The summed E-state index contributed by atoms with van der Waals surface area (Å²) in [5, 5.41) is 5.13. The van der Waals surface area contributed by atoms with Gasteiger partial charge in [0, 0.05) is 22.0 Å². The summed E-state index contributed by atoms with van der Waals surface area (Å²) < 4.78 is 42.7. The molecule has 1 atom stereocenters. The van der Waals surface area contributed by atoms with E-state index in [9.17, 15) is 17.6 Å². The van der Waals surface area contributed by atoms with Crippen molar-refractivity contribution in [1.29, 1.82) is 0 Å². The number of halogens is 3. The van der Waals surface area contributed by atoms with Crippen LogP contribution in [0.25, 0.3) is 5.70 Å². The quantitative estimate of drug-likeness (QED) is 0.329. The van der Waals surface area contributed by atoms with Gasteiger partial charge < -0.3 is 10.7 Å². The van der Waals surface area contributed by atoms with Gasteiger partial charge in [0.15, 0.2) is 0 Å². The zero-order chi connectivity index (χ0) is 25.9. The van der Waals surface area contributed by atoms with Crippen LogP contribution in [0, 0.1) is 5.82 Å². The van der Waals surface area contributed by atoms with Crippen LogP contribution in [-0.2, 0) is 21.4 Å². The van der Waals surface area contributed by atoms with E-state index in [4.69, 9.17) is 23.2 Å². The first kappa shape index (κ1) is 26.3. The topological polar surface area (TPSA) is 90.5 Å². The van der Waals surface area contributed by atoms with Gasteiger partial charge in [-0.25, -0.2) is 12.8 Å². The standard InChI is InChI=1S/C24H21Cl2FN4O3S2/c1-15(24(32)28-13-16-2-4-17(5-3-16)22-14-35-30-29-22)31(23-12-19(26)8-11-21(23)27)36(33,34)20-9-6-18(25)7-10-20/h2-12,14-15,29-30H,13H2,1H3,(H,28,32)/t15-/m1/s1. The molecular weight excluding hydrogens is 546 g/mol. The van der Waals surface area contributed by atoms with Crippen molar-refractivity contribution in [3.05, 3.63) is 99.1 Å². The second kappa shape index (κ2) is 11.1. The van der Waals surface area contributed by atoms with E-state index >= 15 is 0 Å². The normalized spacial score (nSPS) is 14.1. The Morgan fingerprint density at radius 1 is 1.06 bits per heavy atom. The largest absolute Gasteiger partial charge is 0.350 e. The van der Waals surface area contributed by atoms with Crippen LogP contribution >= 0.6 is 35.1 Å². The van der Waals surface area contributed by atoms with Gasteiger partial charge in [-0.1, -0.05) is 47.5 Å². The molecule has 0 saturated carbocycles. The first-order valence-electron chi connectivity index (χ1n) is 10.7. The Kier molecular flexibility index (Phi) is 8.11. The van der Waals surface area contributed by atoms with Crippen LogP contribution in [-0.4, -0.2) is 20.4 Å². The van der Waals surface area contributed by atoms with Crippen LogP contribution in [0.5, 0.6) is 0 Å². The minimum absolute atomic E-state index is 0.121. The van der Waals surface area contributed by atoms with E-state index in [1.54, 1.807) is 0 Å². The van der Waals surface area contributed by atoms with Crippen molar-refractivity contribution in [2.75, 3.05) is 4.31 Å². The van der Waals surface area contributed by atoms with Gasteiger partial charge in [-0.2, -0.15) is 4.83 Å². The Morgan fingerprint density at radius 2 is 1.72 bits per heavy atom. The second-order valence-electron chi connectivity index (χ2n) is 7.82. The maximum Gasteiger partial charge on any atom is 0.265 e. The third kappa shape index (κ3) is 5.79. The first-order valence-corrected chi connectivity index (χ1v) is 13.7. The highest BCUT2D eigenvalue weighted by Crippen LogP contribution is 2.31. The minimum atomic E-state index is -4.36. The van der Waals surface area contributed by atoms with E-state index in [1.165, 1.54) is 55.3 Å². The molecule has 188 valence electrons. The first-order chi connectivity index (χ1) is 17.2. The van der Waals surface area contributed by atoms with Gasteiger partial charge in [0.05, 0.1) is 16.3 Å². The number of carbonyl (C=O) groups is 1. The summed E-state index contributed by atoms with van der Waals surface area (Å²) in [5.74, 6) is -1.45. The van der Waals surface area contributed by atoms with Gasteiger partial charge in [-0.05, 0) is 72.5 Å². The molecule has 0 unspecified atom stereocenters. The fourth-order valence-electron chi connectivity index (χ4n) is 3.51. The molecule has 4 rings (SSSR count). The fourth-order valence-corrected chi connectivity index (χ4v) is 5.96. The number of hydrogen-bond donors (Lipinski definition) is 3. The molecule has 1 heterocycles. The average Bonchev–Trinajstić information content (AvgIpc) is 3.40. The number of carbonyl (C=O) groups excluding carboxylic acids is 1. The summed E-state index contributed by atoms with van der Waals surface area (Å²) in [5.41, 5.74) is 5.38. The number of hydrogen-bond acceptors (Lipinski definition) is 6. The summed E-state index contributed by atoms with van der Waals surface area (Å²) in [7, 11) is -4.36. The molecule has 0 saturated heterocycles. The third-order valence-corrected chi connectivity index (χ3v) is 8.36. The number of anilines is 1. The Bertz CT molecular complexity index is 1400. The van der Waals surface area contributed by atoms with Crippen LogP contribution in [0.15, 0.2) is 77.0 Å². The minimum Gasteiger partial charge on any atom is -0.350 e. The van der Waals surface area contributed by atoms with Crippen LogP contribution in [0.2, 0.25) is 10.0 Å². The van der Waals surface area contributed by atoms with Crippen LogP contribution in [0.4, 0.5) is 10.1 Å². The number of benzene rings is 3. The molecular formula is C24H21Cl2FN4O3S2. The molecule has 1 aliphatic heterocycles. The predicted molar refractivity (Wildman–Crippen MR) is 142 cm³/mol. The highest BCUT2D eigenvalue weighted by Gasteiger charge is 2.35. The summed E-state index contributed by atoms with van der Waals surface area (Å²) >= 11 is 13.4. The average molecular weight is 567 g/mol. The van der Waals surface area contributed by atoms with Crippen LogP contribution < -0.4 is 19.9 Å². The van der Waals surface area contributed by atoms with Gasteiger partial charge in [0.1, 0.15) is 11.9 Å². The molecule has 3 N–H and O–H groups in total. The molecule has 3 aromatic carbocycles. The molecule has 12 heteroatoms. The third-order valence-electron chi connectivity index (χ3n) is 5.40. The lowest BCUT2D eigenvalue weighted by molar-refractivity contribution is -0.122. The van der Waals surface area contributed by atoms with E-state index in [-0.39, 0.29) is 22.2 Å². The number of nitrogens with zero attached hydrogens (tertiary/aromatic N) is 1. The summed E-state index contributed by atoms with van der Waals surface area (Å²) in [4.78, 5) is 15.9. The zero-order valence-corrected chi connectivity index (χ0v) is 22.0. The lowest BCUT2D eigenvalue weighted by Crippen LogP contribution is -2.48. The zero-order valence-electron chi connectivity index (χ0n) is 18.8. The lowest BCUT2D eigenvalue weighted by Gasteiger charge is -2.30.